The van der Waals surface area contributed by atoms with Crippen molar-refractivity contribution in [1.29, 1.82) is 0 Å². The number of carbonyl (C=O) groups is 2. The van der Waals surface area contributed by atoms with Crippen molar-refractivity contribution < 1.29 is 19.1 Å². The second kappa shape index (κ2) is 5.88. The van der Waals surface area contributed by atoms with E-state index in [-0.39, 0.29) is 17.2 Å². The number of carbonyl (C=O) groups excluding carboxylic acids is 1. The van der Waals surface area contributed by atoms with Crippen LogP contribution >= 0.6 is 0 Å². The summed E-state index contributed by atoms with van der Waals surface area (Å²) in [5.74, 6) is -1.44. The van der Waals surface area contributed by atoms with Gasteiger partial charge in [-0.2, -0.15) is 0 Å². The van der Waals surface area contributed by atoms with E-state index in [9.17, 15) is 9.59 Å². The molecule has 0 aliphatic heterocycles. The number of hydrogen-bond donors (Lipinski definition) is 2. The van der Waals surface area contributed by atoms with Crippen molar-refractivity contribution in [2.24, 2.45) is 0 Å². The Hall–Kier alpha value is -1.82. The Morgan fingerprint density at radius 1 is 1.53 bits per heavy atom. The standard InChI is InChI=1S/C13H18N2O4/c1-2-15(10-3-4-10)6-5-14-12(16)11-7-9(8-19-11)13(17)18/h7-8,10H,2-6H2,1H3,(H,14,16)(H,17,18). The third kappa shape index (κ3) is 3.57. The second-order valence-corrected chi connectivity index (χ2v) is 4.62. The van der Waals surface area contributed by atoms with Gasteiger partial charge in [-0.15, -0.1) is 0 Å². The number of carboxylic acids is 1. The highest BCUT2D eigenvalue weighted by molar-refractivity contribution is 5.95. The summed E-state index contributed by atoms with van der Waals surface area (Å²) >= 11 is 0. The van der Waals surface area contributed by atoms with Crippen LogP contribution in [0.25, 0.3) is 0 Å². The summed E-state index contributed by atoms with van der Waals surface area (Å²) in [5.41, 5.74) is -0.0154. The lowest BCUT2D eigenvalue weighted by Crippen LogP contribution is -2.36. The molecular formula is C13H18N2O4. The van der Waals surface area contributed by atoms with Crippen LogP contribution in [0.15, 0.2) is 16.7 Å². The molecule has 0 aromatic carbocycles. The van der Waals surface area contributed by atoms with Gasteiger partial charge in [0.15, 0.2) is 5.76 Å². The lowest BCUT2D eigenvalue weighted by molar-refractivity contribution is 0.0696. The monoisotopic (exact) mass is 266 g/mol. The van der Waals surface area contributed by atoms with Crippen molar-refractivity contribution >= 4 is 11.9 Å². The van der Waals surface area contributed by atoms with E-state index < -0.39 is 5.97 Å². The van der Waals surface area contributed by atoms with Crippen LogP contribution in [0.5, 0.6) is 0 Å². The molecule has 0 atom stereocenters. The van der Waals surface area contributed by atoms with Crippen molar-refractivity contribution in [3.05, 3.63) is 23.7 Å². The predicted molar refractivity (Wildman–Crippen MR) is 68.3 cm³/mol. The minimum atomic E-state index is -1.10. The summed E-state index contributed by atoms with van der Waals surface area (Å²) < 4.78 is 4.92. The summed E-state index contributed by atoms with van der Waals surface area (Å²) in [6, 6.07) is 1.90. The molecule has 1 amide bonds. The van der Waals surface area contributed by atoms with Gasteiger partial charge in [0.1, 0.15) is 6.26 Å². The third-order valence-electron chi connectivity index (χ3n) is 3.22. The second-order valence-electron chi connectivity index (χ2n) is 4.62. The molecule has 1 fully saturated rings. The Morgan fingerprint density at radius 3 is 2.79 bits per heavy atom. The number of likely N-dealkylation sites (N-methyl/N-ethyl adjacent to an activating group) is 1. The van der Waals surface area contributed by atoms with Crippen molar-refractivity contribution in [1.82, 2.24) is 10.2 Å². The number of nitrogens with zero attached hydrogens (tertiary/aromatic N) is 1. The van der Waals surface area contributed by atoms with Gasteiger partial charge < -0.3 is 14.8 Å². The minimum absolute atomic E-state index is 0.0154. The van der Waals surface area contributed by atoms with E-state index in [1.807, 2.05) is 0 Å². The summed E-state index contributed by atoms with van der Waals surface area (Å²) in [7, 11) is 0. The fourth-order valence-electron chi connectivity index (χ4n) is 2.01. The summed E-state index contributed by atoms with van der Waals surface area (Å²) in [4.78, 5) is 24.7. The molecule has 104 valence electrons. The van der Waals surface area contributed by atoms with Crippen LogP contribution in [0.1, 0.15) is 40.7 Å². The van der Waals surface area contributed by atoms with Crippen LogP contribution in [0.4, 0.5) is 0 Å². The third-order valence-corrected chi connectivity index (χ3v) is 3.22. The molecule has 6 heteroatoms. The zero-order valence-corrected chi connectivity index (χ0v) is 10.9. The molecule has 1 saturated carbocycles. The molecule has 0 radical (unpaired) electrons. The Kier molecular flexibility index (Phi) is 4.21. The summed E-state index contributed by atoms with van der Waals surface area (Å²) in [5, 5.41) is 11.5. The van der Waals surface area contributed by atoms with Gasteiger partial charge in [-0.1, -0.05) is 6.92 Å². The quantitative estimate of drug-likeness (QED) is 0.774. The molecule has 1 aromatic rings. The van der Waals surface area contributed by atoms with Gasteiger partial charge in [-0.25, -0.2) is 4.79 Å². The Bertz CT molecular complexity index is 465. The van der Waals surface area contributed by atoms with Gasteiger partial charge in [0.05, 0.1) is 5.56 Å². The zero-order chi connectivity index (χ0) is 13.8. The van der Waals surface area contributed by atoms with Crippen molar-refractivity contribution in [3.8, 4) is 0 Å². The first-order valence-electron chi connectivity index (χ1n) is 6.46. The van der Waals surface area contributed by atoms with Crippen molar-refractivity contribution in [2.45, 2.75) is 25.8 Å². The Balaban J connectivity index is 1.78. The fraction of sp³-hybridized carbons (Fsp3) is 0.538. The van der Waals surface area contributed by atoms with Crippen LogP contribution in [-0.2, 0) is 0 Å². The maximum absolute atomic E-state index is 11.7. The number of hydrogen-bond acceptors (Lipinski definition) is 4. The van der Waals surface area contributed by atoms with E-state index in [0.29, 0.717) is 12.6 Å². The van der Waals surface area contributed by atoms with E-state index in [4.69, 9.17) is 9.52 Å². The van der Waals surface area contributed by atoms with Crippen LogP contribution in [-0.4, -0.2) is 47.6 Å². The molecule has 0 saturated heterocycles. The molecular weight excluding hydrogens is 248 g/mol. The average molecular weight is 266 g/mol. The van der Waals surface area contributed by atoms with E-state index in [2.05, 4.69) is 17.1 Å². The van der Waals surface area contributed by atoms with Gasteiger partial charge in [-0.05, 0) is 19.4 Å². The molecule has 0 unspecified atom stereocenters. The number of amides is 1. The highest BCUT2D eigenvalue weighted by Crippen LogP contribution is 2.25. The molecule has 2 N–H and O–H groups in total. The molecule has 6 nitrogen and oxygen atoms in total. The summed E-state index contributed by atoms with van der Waals surface area (Å²) in [6.07, 6.45) is 3.55. The number of nitrogens with one attached hydrogen (secondary N) is 1. The van der Waals surface area contributed by atoms with Gasteiger partial charge in [0.2, 0.25) is 0 Å². The molecule has 0 bridgehead atoms. The Labute approximate surface area is 111 Å². The topological polar surface area (TPSA) is 82.8 Å². The van der Waals surface area contributed by atoms with Gasteiger partial charge in [-0.3, -0.25) is 9.69 Å². The molecule has 1 aliphatic rings. The smallest absolute Gasteiger partial charge is 0.338 e. The van der Waals surface area contributed by atoms with E-state index in [0.717, 1.165) is 19.4 Å². The van der Waals surface area contributed by atoms with Crippen LogP contribution in [0, 0.1) is 0 Å². The van der Waals surface area contributed by atoms with Crippen LogP contribution in [0.3, 0.4) is 0 Å². The van der Waals surface area contributed by atoms with E-state index >= 15 is 0 Å². The summed E-state index contributed by atoms with van der Waals surface area (Å²) in [6.45, 7) is 4.42. The number of aromatic carboxylic acids is 1. The lowest BCUT2D eigenvalue weighted by Gasteiger charge is -2.19. The Morgan fingerprint density at radius 2 is 2.26 bits per heavy atom. The first-order chi connectivity index (χ1) is 9.11. The van der Waals surface area contributed by atoms with Gasteiger partial charge >= 0.3 is 5.97 Å². The van der Waals surface area contributed by atoms with Crippen LogP contribution < -0.4 is 5.32 Å². The fourth-order valence-corrected chi connectivity index (χ4v) is 2.01. The minimum Gasteiger partial charge on any atom is -0.478 e. The lowest BCUT2D eigenvalue weighted by atomic mass is 10.3. The van der Waals surface area contributed by atoms with E-state index in [1.165, 1.54) is 18.9 Å². The normalized spacial score (nSPS) is 14.6. The highest BCUT2D eigenvalue weighted by Gasteiger charge is 2.27. The van der Waals surface area contributed by atoms with E-state index in [1.54, 1.807) is 0 Å². The first kappa shape index (κ1) is 13.6. The molecule has 2 rings (SSSR count). The highest BCUT2D eigenvalue weighted by atomic mass is 16.4. The molecule has 0 spiro atoms. The van der Waals surface area contributed by atoms with Crippen molar-refractivity contribution in [2.75, 3.05) is 19.6 Å². The maximum atomic E-state index is 11.7. The number of rotatable bonds is 7. The predicted octanol–water partition coefficient (Wildman–Crippen LogP) is 1.19. The SMILES string of the molecule is CCN(CCNC(=O)c1cc(C(=O)O)co1)C1CC1. The van der Waals surface area contributed by atoms with Gasteiger partial charge in [0, 0.05) is 25.2 Å². The largest absolute Gasteiger partial charge is 0.478 e. The van der Waals surface area contributed by atoms with Crippen LogP contribution in [0.2, 0.25) is 0 Å². The van der Waals surface area contributed by atoms with Crippen molar-refractivity contribution in [3.63, 3.8) is 0 Å². The van der Waals surface area contributed by atoms with Gasteiger partial charge in [0.25, 0.3) is 5.91 Å². The number of furan rings is 1. The maximum Gasteiger partial charge on any atom is 0.338 e. The number of carboxylic acid groups (broad SMARTS) is 1. The molecule has 19 heavy (non-hydrogen) atoms. The molecule has 1 heterocycles. The zero-order valence-electron chi connectivity index (χ0n) is 10.9. The molecule has 1 aromatic heterocycles. The first-order valence-corrected chi connectivity index (χ1v) is 6.46. The molecule has 1 aliphatic carbocycles. The average Bonchev–Trinajstić information content (AvgIpc) is 3.09.